The van der Waals surface area contributed by atoms with E-state index in [1.165, 1.54) is 0 Å². The molecule has 0 aliphatic rings. The van der Waals surface area contributed by atoms with Crippen LogP contribution in [0.4, 0.5) is 0 Å². The van der Waals surface area contributed by atoms with Gasteiger partial charge in [-0.15, -0.1) is 0 Å². The first-order chi connectivity index (χ1) is 5.10. The fourth-order valence-electron chi connectivity index (χ4n) is 1.42. The summed E-state index contributed by atoms with van der Waals surface area (Å²) in [5, 5.41) is -0.199. The molecule has 0 N–H and O–H groups in total. The van der Waals surface area contributed by atoms with E-state index < -0.39 is 0 Å². The van der Waals surface area contributed by atoms with E-state index in [2.05, 4.69) is 20.8 Å². The van der Waals surface area contributed by atoms with Gasteiger partial charge in [-0.2, -0.15) is 0 Å². The first kappa shape index (κ1) is 11.0. The monoisotopic (exact) mass is 176 g/mol. The van der Waals surface area contributed by atoms with Crippen molar-refractivity contribution in [1.29, 1.82) is 0 Å². The molecule has 0 bridgehead atoms. The smallest absolute Gasteiger partial charge is 0.222 e. The molecule has 0 saturated heterocycles. The van der Waals surface area contributed by atoms with Crippen molar-refractivity contribution in [3.05, 3.63) is 0 Å². The predicted molar refractivity (Wildman–Crippen MR) is 48.8 cm³/mol. The van der Waals surface area contributed by atoms with Gasteiger partial charge in [0.15, 0.2) is 0 Å². The maximum Gasteiger partial charge on any atom is 0.222 e. The van der Waals surface area contributed by atoms with E-state index in [9.17, 15) is 4.79 Å². The van der Waals surface area contributed by atoms with Crippen LogP contribution < -0.4 is 0 Å². The summed E-state index contributed by atoms with van der Waals surface area (Å²) in [4.78, 5) is 10.7. The predicted octanol–water partition coefficient (Wildman–Crippen LogP) is 3.36. The summed E-state index contributed by atoms with van der Waals surface area (Å²) in [7, 11) is 0. The number of rotatable bonds is 5. The van der Waals surface area contributed by atoms with Gasteiger partial charge in [-0.1, -0.05) is 40.0 Å². The van der Waals surface area contributed by atoms with Gasteiger partial charge in [0.05, 0.1) is 0 Å². The topological polar surface area (TPSA) is 17.1 Å². The Kier molecular flexibility index (Phi) is 4.74. The van der Waals surface area contributed by atoms with Crippen LogP contribution in [0, 0.1) is 5.41 Å². The Morgan fingerprint density at radius 3 is 1.64 bits per heavy atom. The van der Waals surface area contributed by atoms with Crippen molar-refractivity contribution >= 4 is 16.8 Å². The zero-order valence-corrected chi connectivity index (χ0v) is 8.37. The molecule has 66 valence electrons. The van der Waals surface area contributed by atoms with Crippen LogP contribution in [0.3, 0.4) is 0 Å². The van der Waals surface area contributed by atoms with Crippen molar-refractivity contribution in [1.82, 2.24) is 0 Å². The first-order valence-corrected chi connectivity index (χ1v) is 4.66. The lowest BCUT2D eigenvalue weighted by atomic mass is 9.77. The molecule has 0 saturated carbocycles. The minimum atomic E-state index is -0.199. The van der Waals surface area contributed by atoms with E-state index in [4.69, 9.17) is 11.6 Å². The van der Waals surface area contributed by atoms with Gasteiger partial charge in [0, 0.05) is 6.42 Å². The molecular weight excluding hydrogens is 160 g/mol. The minimum Gasteiger partial charge on any atom is -0.281 e. The van der Waals surface area contributed by atoms with Crippen molar-refractivity contribution in [3.8, 4) is 0 Å². The second kappa shape index (κ2) is 4.76. The molecule has 0 amide bonds. The van der Waals surface area contributed by atoms with Crippen molar-refractivity contribution in [3.63, 3.8) is 0 Å². The van der Waals surface area contributed by atoms with Gasteiger partial charge in [-0.3, -0.25) is 4.79 Å². The van der Waals surface area contributed by atoms with Crippen LogP contribution in [-0.4, -0.2) is 5.24 Å². The lowest BCUT2D eigenvalue weighted by Crippen LogP contribution is -2.20. The fraction of sp³-hybridized carbons (Fsp3) is 0.889. The highest BCUT2D eigenvalue weighted by Crippen LogP contribution is 2.34. The van der Waals surface area contributed by atoms with Gasteiger partial charge in [-0.25, -0.2) is 0 Å². The van der Waals surface area contributed by atoms with E-state index in [-0.39, 0.29) is 10.7 Å². The van der Waals surface area contributed by atoms with Crippen LogP contribution in [0.1, 0.15) is 46.5 Å². The molecular formula is C9H17ClO. The van der Waals surface area contributed by atoms with Gasteiger partial charge < -0.3 is 0 Å². The Hall–Kier alpha value is -0.0400. The zero-order chi connectivity index (χ0) is 8.91. The summed E-state index contributed by atoms with van der Waals surface area (Å²) in [6, 6.07) is 0. The van der Waals surface area contributed by atoms with Crippen LogP contribution >= 0.6 is 11.6 Å². The van der Waals surface area contributed by atoms with Crippen LogP contribution in [0.25, 0.3) is 0 Å². The second-order valence-corrected chi connectivity index (χ2v) is 3.51. The molecule has 0 rings (SSSR count). The maximum atomic E-state index is 10.7. The summed E-state index contributed by atoms with van der Waals surface area (Å²) in [6.07, 6.45) is 3.65. The molecule has 0 aliphatic carbocycles. The quantitative estimate of drug-likeness (QED) is 0.588. The molecule has 0 spiro atoms. The number of hydrogen-bond donors (Lipinski definition) is 0. The van der Waals surface area contributed by atoms with Gasteiger partial charge in [0.25, 0.3) is 0 Å². The molecule has 11 heavy (non-hydrogen) atoms. The first-order valence-electron chi connectivity index (χ1n) is 4.28. The lowest BCUT2D eigenvalue weighted by Gasteiger charge is -2.28. The summed E-state index contributed by atoms with van der Waals surface area (Å²) in [5.74, 6) is 0. The molecule has 0 radical (unpaired) electrons. The highest BCUT2D eigenvalue weighted by molar-refractivity contribution is 6.63. The van der Waals surface area contributed by atoms with E-state index in [0.717, 1.165) is 19.3 Å². The Bertz CT molecular complexity index is 119. The molecule has 0 heterocycles. The third-order valence-electron chi connectivity index (χ3n) is 2.76. The Morgan fingerprint density at radius 2 is 1.55 bits per heavy atom. The third-order valence-corrected chi connectivity index (χ3v) is 2.90. The second-order valence-electron chi connectivity index (χ2n) is 3.09. The number of halogens is 1. The van der Waals surface area contributed by atoms with Crippen LogP contribution in [0.2, 0.25) is 0 Å². The molecule has 0 aromatic carbocycles. The zero-order valence-electron chi connectivity index (χ0n) is 7.61. The minimum absolute atomic E-state index is 0.166. The molecule has 0 atom stereocenters. The van der Waals surface area contributed by atoms with Crippen LogP contribution in [-0.2, 0) is 4.79 Å². The van der Waals surface area contributed by atoms with Gasteiger partial charge in [0.2, 0.25) is 5.24 Å². The summed E-state index contributed by atoms with van der Waals surface area (Å²) in [5.41, 5.74) is 0.166. The third kappa shape index (κ3) is 3.24. The number of hydrogen-bond acceptors (Lipinski definition) is 1. The molecule has 1 nitrogen and oxygen atoms in total. The molecule has 0 fully saturated rings. The SMILES string of the molecule is CCC(CC)(CC)CC(=O)Cl. The van der Waals surface area contributed by atoms with Crippen LogP contribution in [0.5, 0.6) is 0 Å². The summed E-state index contributed by atoms with van der Waals surface area (Å²) in [6.45, 7) is 6.35. The lowest BCUT2D eigenvalue weighted by molar-refractivity contribution is -0.114. The van der Waals surface area contributed by atoms with E-state index in [1.807, 2.05) is 0 Å². The number of carbonyl (C=O) groups excluding carboxylic acids is 1. The van der Waals surface area contributed by atoms with Crippen molar-refractivity contribution < 1.29 is 4.79 Å². The Balaban J connectivity index is 4.16. The molecule has 0 unspecified atom stereocenters. The van der Waals surface area contributed by atoms with E-state index in [0.29, 0.717) is 6.42 Å². The van der Waals surface area contributed by atoms with E-state index in [1.54, 1.807) is 0 Å². The average molecular weight is 177 g/mol. The van der Waals surface area contributed by atoms with Gasteiger partial charge in [-0.05, 0) is 17.0 Å². The molecule has 0 aromatic heterocycles. The van der Waals surface area contributed by atoms with Gasteiger partial charge >= 0.3 is 0 Å². The summed E-state index contributed by atoms with van der Waals surface area (Å²) >= 11 is 5.36. The highest BCUT2D eigenvalue weighted by Gasteiger charge is 2.25. The van der Waals surface area contributed by atoms with Crippen molar-refractivity contribution in [2.45, 2.75) is 46.5 Å². The van der Waals surface area contributed by atoms with E-state index >= 15 is 0 Å². The Morgan fingerprint density at radius 1 is 1.18 bits per heavy atom. The molecule has 0 aliphatic heterocycles. The average Bonchev–Trinajstić information content (AvgIpc) is 2.00. The number of carbonyl (C=O) groups is 1. The molecule has 0 aromatic rings. The standard InChI is InChI=1S/C9H17ClO/c1-4-9(5-2,6-3)7-8(10)11/h4-7H2,1-3H3. The van der Waals surface area contributed by atoms with Crippen LogP contribution in [0.15, 0.2) is 0 Å². The Labute approximate surface area is 74.1 Å². The van der Waals surface area contributed by atoms with Crippen molar-refractivity contribution in [2.24, 2.45) is 5.41 Å². The molecule has 2 heteroatoms. The highest BCUT2D eigenvalue weighted by atomic mass is 35.5. The van der Waals surface area contributed by atoms with Crippen molar-refractivity contribution in [2.75, 3.05) is 0 Å². The van der Waals surface area contributed by atoms with Gasteiger partial charge in [0.1, 0.15) is 0 Å². The largest absolute Gasteiger partial charge is 0.281 e. The fourth-order valence-corrected chi connectivity index (χ4v) is 1.70. The summed E-state index contributed by atoms with van der Waals surface area (Å²) < 4.78 is 0. The normalized spacial score (nSPS) is 11.6. The maximum absolute atomic E-state index is 10.7.